The number of anilines is 1. The second-order valence-electron chi connectivity index (χ2n) is 6.03. The van der Waals surface area contributed by atoms with E-state index >= 15 is 0 Å². The van der Waals surface area contributed by atoms with Crippen LogP contribution in [0.1, 0.15) is 16.7 Å². The van der Waals surface area contributed by atoms with Crippen molar-refractivity contribution in [3.63, 3.8) is 0 Å². The van der Waals surface area contributed by atoms with Crippen molar-refractivity contribution >= 4 is 11.7 Å². The van der Waals surface area contributed by atoms with Crippen LogP contribution in [0, 0.1) is 26.6 Å². The predicted octanol–water partition coefficient (Wildman–Crippen LogP) is 3.31. The summed E-state index contributed by atoms with van der Waals surface area (Å²) >= 11 is 0. The van der Waals surface area contributed by atoms with Crippen LogP contribution in [0.15, 0.2) is 36.4 Å². The summed E-state index contributed by atoms with van der Waals surface area (Å²) in [4.78, 5) is 12.0. The van der Waals surface area contributed by atoms with Crippen LogP contribution in [0.5, 0.6) is 5.75 Å². The number of ether oxygens (including phenoxy) is 1. The van der Waals surface area contributed by atoms with E-state index in [1.54, 1.807) is 0 Å². The van der Waals surface area contributed by atoms with E-state index in [1.165, 1.54) is 24.3 Å². The largest absolute Gasteiger partial charge is 0.491 e. The lowest BCUT2D eigenvalue weighted by atomic mass is 10.1. The first-order chi connectivity index (χ1) is 11.8. The number of carbonyl (C=O) groups is 1. The van der Waals surface area contributed by atoms with Crippen LogP contribution in [0.3, 0.4) is 0 Å². The van der Waals surface area contributed by atoms with Gasteiger partial charge in [0.15, 0.2) is 0 Å². The second kappa shape index (κ2) is 8.48. The topological polar surface area (TPSA) is 70.6 Å². The van der Waals surface area contributed by atoms with Crippen molar-refractivity contribution in [3.05, 3.63) is 58.9 Å². The van der Waals surface area contributed by atoms with Gasteiger partial charge in [-0.05, 0) is 56.2 Å². The summed E-state index contributed by atoms with van der Waals surface area (Å²) in [7, 11) is 0. The number of halogens is 1. The Bertz CT molecular complexity index is 709. The highest BCUT2D eigenvalue weighted by molar-refractivity contribution is 5.91. The molecular formula is C19H23FN2O3. The van der Waals surface area contributed by atoms with Crippen LogP contribution in [0.2, 0.25) is 0 Å². The first-order valence-corrected chi connectivity index (χ1v) is 8.04. The molecule has 2 aromatic carbocycles. The van der Waals surface area contributed by atoms with Crippen molar-refractivity contribution in [1.29, 1.82) is 0 Å². The van der Waals surface area contributed by atoms with Crippen molar-refractivity contribution in [3.8, 4) is 5.75 Å². The fourth-order valence-electron chi connectivity index (χ4n) is 2.53. The molecule has 0 spiro atoms. The number of hydrogen-bond donors (Lipinski definition) is 3. The van der Waals surface area contributed by atoms with Crippen molar-refractivity contribution in [2.75, 3.05) is 18.5 Å². The Morgan fingerprint density at radius 3 is 2.36 bits per heavy atom. The van der Waals surface area contributed by atoms with Gasteiger partial charge in [-0.2, -0.15) is 0 Å². The van der Waals surface area contributed by atoms with Gasteiger partial charge in [-0.15, -0.1) is 0 Å². The molecule has 0 bridgehead atoms. The van der Waals surface area contributed by atoms with Crippen LogP contribution in [0.4, 0.5) is 14.9 Å². The summed E-state index contributed by atoms with van der Waals surface area (Å²) < 4.78 is 18.1. The Hall–Kier alpha value is -2.60. The Morgan fingerprint density at radius 2 is 1.76 bits per heavy atom. The summed E-state index contributed by atoms with van der Waals surface area (Å²) in [5.74, 6) is 0.101. The highest BCUT2D eigenvalue weighted by atomic mass is 19.1. The highest BCUT2D eigenvalue weighted by Gasteiger charge is 2.11. The van der Waals surface area contributed by atoms with Crippen LogP contribution in [-0.2, 0) is 0 Å². The minimum absolute atomic E-state index is 0.00546. The van der Waals surface area contributed by atoms with Gasteiger partial charge in [0.1, 0.15) is 24.3 Å². The lowest BCUT2D eigenvalue weighted by Crippen LogP contribution is -2.38. The molecule has 6 heteroatoms. The first kappa shape index (κ1) is 18.7. The third-order valence-corrected chi connectivity index (χ3v) is 3.67. The third kappa shape index (κ3) is 5.76. The maximum Gasteiger partial charge on any atom is 0.319 e. The fraction of sp³-hybridized carbons (Fsp3) is 0.316. The third-order valence-electron chi connectivity index (χ3n) is 3.67. The molecule has 0 saturated heterocycles. The van der Waals surface area contributed by atoms with E-state index in [0.717, 1.165) is 22.4 Å². The molecule has 0 aliphatic heterocycles. The second-order valence-corrected chi connectivity index (χ2v) is 6.03. The van der Waals surface area contributed by atoms with Crippen molar-refractivity contribution in [2.45, 2.75) is 26.9 Å². The number of carbonyl (C=O) groups excluding carboxylic acids is 1. The van der Waals surface area contributed by atoms with Gasteiger partial charge in [0.2, 0.25) is 0 Å². The van der Waals surface area contributed by atoms with Gasteiger partial charge in [-0.1, -0.05) is 17.7 Å². The quantitative estimate of drug-likeness (QED) is 0.751. The molecule has 134 valence electrons. The lowest BCUT2D eigenvalue weighted by Gasteiger charge is -2.16. The number of benzene rings is 2. The molecule has 0 aliphatic carbocycles. The number of aliphatic hydroxyl groups is 1. The highest BCUT2D eigenvalue weighted by Crippen LogP contribution is 2.21. The summed E-state index contributed by atoms with van der Waals surface area (Å²) in [5, 5.41) is 15.3. The Labute approximate surface area is 146 Å². The first-order valence-electron chi connectivity index (χ1n) is 8.04. The number of hydrogen-bond acceptors (Lipinski definition) is 3. The number of aliphatic hydroxyl groups excluding tert-OH is 1. The van der Waals surface area contributed by atoms with Crippen LogP contribution >= 0.6 is 0 Å². The molecule has 25 heavy (non-hydrogen) atoms. The average molecular weight is 346 g/mol. The van der Waals surface area contributed by atoms with Crippen molar-refractivity contribution in [2.24, 2.45) is 0 Å². The van der Waals surface area contributed by atoms with E-state index in [4.69, 9.17) is 4.74 Å². The molecule has 0 aromatic heterocycles. The zero-order chi connectivity index (χ0) is 18.4. The molecule has 1 atom stereocenters. The molecule has 0 fully saturated rings. The molecule has 2 amide bonds. The molecule has 0 aliphatic rings. The van der Waals surface area contributed by atoms with Crippen molar-refractivity contribution < 1.29 is 19.0 Å². The van der Waals surface area contributed by atoms with Crippen LogP contribution < -0.4 is 15.4 Å². The van der Waals surface area contributed by atoms with E-state index in [2.05, 4.69) is 10.6 Å². The summed E-state index contributed by atoms with van der Waals surface area (Å²) in [5.41, 5.74) is 3.86. The smallest absolute Gasteiger partial charge is 0.319 e. The fourth-order valence-corrected chi connectivity index (χ4v) is 2.53. The van der Waals surface area contributed by atoms with E-state index in [0.29, 0.717) is 5.75 Å². The maximum absolute atomic E-state index is 12.8. The molecule has 2 aromatic rings. The Kier molecular flexibility index (Phi) is 6.36. The maximum atomic E-state index is 12.8. The average Bonchev–Trinajstić information content (AvgIpc) is 2.55. The minimum Gasteiger partial charge on any atom is -0.491 e. The zero-order valence-electron chi connectivity index (χ0n) is 14.6. The summed E-state index contributed by atoms with van der Waals surface area (Å²) in [6, 6.07) is 9.10. The van der Waals surface area contributed by atoms with Gasteiger partial charge < -0.3 is 20.5 Å². The molecule has 3 N–H and O–H groups in total. The lowest BCUT2D eigenvalue weighted by molar-refractivity contribution is 0.108. The molecular weight excluding hydrogens is 323 g/mol. The summed E-state index contributed by atoms with van der Waals surface area (Å²) in [6.45, 7) is 5.90. The van der Waals surface area contributed by atoms with E-state index in [1.807, 2.05) is 32.9 Å². The molecule has 1 unspecified atom stereocenters. The van der Waals surface area contributed by atoms with Gasteiger partial charge in [0, 0.05) is 12.2 Å². The number of rotatable bonds is 6. The number of nitrogens with one attached hydrogen (secondary N) is 2. The van der Waals surface area contributed by atoms with Crippen molar-refractivity contribution in [1.82, 2.24) is 5.32 Å². The van der Waals surface area contributed by atoms with Gasteiger partial charge in [0.25, 0.3) is 0 Å². The van der Waals surface area contributed by atoms with Gasteiger partial charge >= 0.3 is 6.03 Å². The monoisotopic (exact) mass is 346 g/mol. The number of amides is 2. The zero-order valence-corrected chi connectivity index (χ0v) is 14.6. The Balaban J connectivity index is 1.78. The molecule has 5 nitrogen and oxygen atoms in total. The van der Waals surface area contributed by atoms with Gasteiger partial charge in [-0.3, -0.25) is 0 Å². The SMILES string of the molecule is Cc1cc(C)c(NC(=O)NCC(O)COc2ccc(F)cc2)c(C)c1. The van der Waals surface area contributed by atoms with Gasteiger partial charge in [-0.25, -0.2) is 9.18 Å². The number of aryl methyl sites for hydroxylation is 3. The van der Waals surface area contributed by atoms with Crippen LogP contribution in [-0.4, -0.2) is 30.4 Å². The van der Waals surface area contributed by atoms with E-state index in [-0.39, 0.29) is 19.0 Å². The normalized spacial score (nSPS) is 11.7. The summed E-state index contributed by atoms with van der Waals surface area (Å²) in [6.07, 6.45) is -0.879. The standard InChI is InChI=1S/C19H23FN2O3/c1-12-8-13(2)18(14(3)9-12)22-19(24)21-10-16(23)11-25-17-6-4-15(20)5-7-17/h4-9,16,23H,10-11H2,1-3H3,(H2,21,22,24). The minimum atomic E-state index is -0.879. The molecule has 2 rings (SSSR count). The van der Waals surface area contributed by atoms with E-state index < -0.39 is 12.1 Å². The molecule has 0 radical (unpaired) electrons. The van der Waals surface area contributed by atoms with Crippen LogP contribution in [0.25, 0.3) is 0 Å². The van der Waals surface area contributed by atoms with Gasteiger partial charge in [0.05, 0.1) is 0 Å². The Morgan fingerprint density at radius 1 is 1.16 bits per heavy atom. The molecule has 0 saturated carbocycles. The molecule has 0 heterocycles. The van der Waals surface area contributed by atoms with E-state index in [9.17, 15) is 14.3 Å². The predicted molar refractivity (Wildman–Crippen MR) is 95.6 cm³/mol. The number of urea groups is 1.